The third-order valence-electron chi connectivity index (χ3n) is 6.15. The summed E-state index contributed by atoms with van der Waals surface area (Å²) in [5, 5.41) is 15.2. The van der Waals surface area contributed by atoms with E-state index in [9.17, 15) is 18.8 Å². The second kappa shape index (κ2) is 13.1. The number of carbonyl (C=O) groups excluding carboxylic acids is 3. The van der Waals surface area contributed by atoms with Crippen molar-refractivity contribution >= 4 is 29.4 Å². The van der Waals surface area contributed by atoms with Crippen LogP contribution in [0.3, 0.4) is 0 Å². The molecule has 2 heterocycles. The maximum Gasteiger partial charge on any atom is 0.324 e. The van der Waals surface area contributed by atoms with E-state index in [-0.39, 0.29) is 41.8 Å². The van der Waals surface area contributed by atoms with Crippen LogP contribution < -0.4 is 26.0 Å². The fraction of sp³-hybridized carbons (Fsp3) is 0.258. The zero-order valence-electron chi connectivity index (χ0n) is 24.6. The molecule has 0 aliphatic rings. The van der Waals surface area contributed by atoms with E-state index in [1.54, 1.807) is 41.2 Å². The second-order valence-electron chi connectivity index (χ2n) is 10.9. The van der Waals surface area contributed by atoms with E-state index in [0.717, 1.165) is 17.0 Å². The molecule has 0 aliphatic heterocycles. The van der Waals surface area contributed by atoms with E-state index in [2.05, 4.69) is 26.3 Å². The number of anilines is 2. The molecule has 12 heteroatoms. The van der Waals surface area contributed by atoms with Crippen molar-refractivity contribution < 1.29 is 23.5 Å². The van der Waals surface area contributed by atoms with Gasteiger partial charge in [0.2, 0.25) is 11.8 Å². The molecular weight excluding hydrogens is 553 g/mol. The number of benzene rings is 2. The van der Waals surface area contributed by atoms with Crippen molar-refractivity contribution in [2.24, 2.45) is 0 Å². The molecule has 0 saturated carbocycles. The molecule has 11 nitrogen and oxygen atoms in total. The zero-order chi connectivity index (χ0) is 31.1. The molecule has 2 aromatic heterocycles. The molecule has 0 atom stereocenters. The van der Waals surface area contributed by atoms with Gasteiger partial charge in [0.05, 0.1) is 23.6 Å². The van der Waals surface area contributed by atoms with Gasteiger partial charge in [0.1, 0.15) is 23.1 Å². The molecular formula is C31H34FN7O4. The first-order chi connectivity index (χ1) is 20.4. The van der Waals surface area contributed by atoms with Gasteiger partial charge in [-0.2, -0.15) is 5.10 Å². The summed E-state index contributed by atoms with van der Waals surface area (Å²) in [4.78, 5) is 40.2. The number of pyridine rings is 1. The highest BCUT2D eigenvalue weighted by Crippen LogP contribution is 2.28. The van der Waals surface area contributed by atoms with Crippen molar-refractivity contribution in [2.45, 2.75) is 46.6 Å². The highest BCUT2D eigenvalue weighted by Gasteiger charge is 2.22. The van der Waals surface area contributed by atoms with Crippen LogP contribution in [0.15, 0.2) is 66.9 Å². The maximum atomic E-state index is 14.9. The molecule has 43 heavy (non-hydrogen) atoms. The lowest BCUT2D eigenvalue weighted by Crippen LogP contribution is -2.35. The normalized spacial score (nSPS) is 11.0. The number of halogens is 1. The summed E-state index contributed by atoms with van der Waals surface area (Å²) in [6, 6.07) is 15.9. The van der Waals surface area contributed by atoms with E-state index in [4.69, 9.17) is 9.84 Å². The van der Waals surface area contributed by atoms with Crippen LogP contribution in [0.5, 0.6) is 11.5 Å². The van der Waals surface area contributed by atoms with Crippen LogP contribution in [0.25, 0.3) is 5.69 Å². The Balaban J connectivity index is 1.49. The first-order valence-electron chi connectivity index (χ1n) is 13.6. The number of rotatable bonds is 9. The van der Waals surface area contributed by atoms with Crippen LogP contribution in [-0.2, 0) is 21.5 Å². The van der Waals surface area contributed by atoms with Gasteiger partial charge >= 0.3 is 6.03 Å². The van der Waals surface area contributed by atoms with Gasteiger partial charge in [-0.15, -0.1) is 0 Å². The van der Waals surface area contributed by atoms with Crippen LogP contribution in [0.1, 0.15) is 44.6 Å². The molecule has 4 amide bonds. The van der Waals surface area contributed by atoms with Gasteiger partial charge in [-0.1, -0.05) is 32.9 Å². The number of aromatic nitrogens is 3. The average molecular weight is 588 g/mol. The lowest BCUT2D eigenvalue weighted by Gasteiger charge is -2.14. The standard InChI is InChI=1S/C31H34FN7O4/c1-19-13-24(11-12-33-19)43-23-9-10-26(25(32)15-23)36-30(42)37-28-16-27(31(3,4)5)38-39(28)22-8-6-7-21(14-22)17-35-29(41)18-34-20(2)40/h6-16H,17-18H2,1-5H3,(H,34,40)(H,35,41)(H2,36,37,42). The third kappa shape index (κ3) is 8.62. The van der Waals surface area contributed by atoms with Crippen LogP contribution in [0.4, 0.5) is 20.7 Å². The van der Waals surface area contributed by atoms with Crippen molar-refractivity contribution in [2.75, 3.05) is 17.2 Å². The SMILES string of the molecule is CC(=O)NCC(=O)NCc1cccc(-n2nc(C(C)(C)C)cc2NC(=O)Nc2ccc(Oc3ccnc(C)c3)cc2F)c1. The van der Waals surface area contributed by atoms with Crippen LogP contribution >= 0.6 is 0 Å². The molecule has 0 radical (unpaired) electrons. The Labute approximate surface area is 248 Å². The molecule has 4 rings (SSSR count). The molecule has 0 aliphatic carbocycles. The fourth-order valence-corrected chi connectivity index (χ4v) is 3.95. The van der Waals surface area contributed by atoms with E-state index in [1.807, 2.05) is 45.9 Å². The quantitative estimate of drug-likeness (QED) is 0.212. The van der Waals surface area contributed by atoms with Crippen LogP contribution in [0, 0.1) is 12.7 Å². The number of hydrogen-bond donors (Lipinski definition) is 4. The first-order valence-corrected chi connectivity index (χ1v) is 13.6. The molecule has 0 bridgehead atoms. The fourth-order valence-electron chi connectivity index (χ4n) is 3.95. The summed E-state index contributed by atoms with van der Waals surface area (Å²) in [5.74, 6) is -0.136. The number of amides is 4. The molecule has 0 fully saturated rings. The average Bonchev–Trinajstić information content (AvgIpc) is 3.37. The zero-order valence-corrected chi connectivity index (χ0v) is 24.6. The Morgan fingerprint density at radius 3 is 2.42 bits per heavy atom. The van der Waals surface area contributed by atoms with Crippen molar-refractivity contribution in [3.05, 3.63) is 89.6 Å². The lowest BCUT2D eigenvalue weighted by atomic mass is 9.92. The van der Waals surface area contributed by atoms with Crippen molar-refractivity contribution in [1.29, 1.82) is 0 Å². The summed E-state index contributed by atoms with van der Waals surface area (Å²) in [6.07, 6.45) is 1.60. The van der Waals surface area contributed by atoms with E-state index < -0.39 is 11.8 Å². The Kier molecular flexibility index (Phi) is 9.39. The monoisotopic (exact) mass is 587 g/mol. The molecule has 4 N–H and O–H groups in total. The predicted molar refractivity (Wildman–Crippen MR) is 161 cm³/mol. The maximum absolute atomic E-state index is 14.9. The van der Waals surface area contributed by atoms with Gasteiger partial charge in [0.15, 0.2) is 0 Å². The van der Waals surface area contributed by atoms with Gasteiger partial charge in [0.25, 0.3) is 0 Å². The van der Waals surface area contributed by atoms with Crippen LogP contribution in [0.2, 0.25) is 0 Å². The first kappa shape index (κ1) is 30.7. The minimum absolute atomic E-state index is 0.0325. The summed E-state index contributed by atoms with van der Waals surface area (Å²) in [7, 11) is 0. The van der Waals surface area contributed by atoms with Crippen molar-refractivity contribution in [1.82, 2.24) is 25.4 Å². The van der Waals surface area contributed by atoms with E-state index in [0.29, 0.717) is 17.3 Å². The number of ether oxygens (including phenoxy) is 1. The number of aryl methyl sites for hydroxylation is 1. The number of urea groups is 1. The van der Waals surface area contributed by atoms with Crippen molar-refractivity contribution in [3.8, 4) is 17.2 Å². The van der Waals surface area contributed by atoms with Gasteiger partial charge < -0.3 is 20.7 Å². The van der Waals surface area contributed by atoms with E-state index >= 15 is 0 Å². The van der Waals surface area contributed by atoms with Gasteiger partial charge in [-0.3, -0.25) is 19.9 Å². The Hall–Kier alpha value is -5.26. The lowest BCUT2D eigenvalue weighted by molar-refractivity contribution is -0.125. The number of nitrogens with one attached hydrogen (secondary N) is 4. The smallest absolute Gasteiger partial charge is 0.324 e. The van der Waals surface area contributed by atoms with Crippen molar-refractivity contribution in [3.63, 3.8) is 0 Å². The summed E-state index contributed by atoms with van der Waals surface area (Å²) < 4.78 is 22.2. The molecule has 2 aromatic carbocycles. The number of nitrogens with zero attached hydrogens (tertiary/aromatic N) is 3. The molecule has 4 aromatic rings. The summed E-state index contributed by atoms with van der Waals surface area (Å²) >= 11 is 0. The highest BCUT2D eigenvalue weighted by molar-refractivity contribution is 5.99. The largest absolute Gasteiger partial charge is 0.457 e. The van der Waals surface area contributed by atoms with Gasteiger partial charge in [-0.05, 0) is 42.8 Å². The molecule has 0 spiro atoms. The summed E-state index contributed by atoms with van der Waals surface area (Å²) in [6.45, 7) is 9.26. The number of hydrogen-bond acceptors (Lipinski definition) is 6. The van der Waals surface area contributed by atoms with Gasteiger partial charge in [-0.25, -0.2) is 13.9 Å². The second-order valence-corrected chi connectivity index (χ2v) is 10.9. The Bertz CT molecular complexity index is 1650. The Morgan fingerprint density at radius 2 is 1.72 bits per heavy atom. The summed E-state index contributed by atoms with van der Waals surface area (Å²) in [5.41, 5.74) is 2.54. The minimum atomic E-state index is -0.671. The molecule has 224 valence electrons. The van der Waals surface area contributed by atoms with Crippen LogP contribution in [-0.4, -0.2) is 39.2 Å². The van der Waals surface area contributed by atoms with E-state index in [1.165, 1.54) is 19.1 Å². The molecule has 0 unspecified atom stereocenters. The Morgan fingerprint density at radius 1 is 0.953 bits per heavy atom. The molecule has 0 saturated heterocycles. The highest BCUT2D eigenvalue weighted by atomic mass is 19.1. The predicted octanol–water partition coefficient (Wildman–Crippen LogP) is 5.20. The minimum Gasteiger partial charge on any atom is -0.457 e. The topological polar surface area (TPSA) is 139 Å². The van der Waals surface area contributed by atoms with Gasteiger partial charge in [0, 0.05) is 49.0 Å². The third-order valence-corrected chi connectivity index (χ3v) is 6.15. The number of carbonyl (C=O) groups is 3.